The van der Waals surface area contributed by atoms with Crippen molar-refractivity contribution in [2.45, 2.75) is 235 Å². The standard InChI is InChI=1S/C14H17NO3.C14H20O3.C14H18O3.C13H16O2.C11H19NO3.C8H15NO2.C8H13NO2.C7H12O.C6H11ClO.C6H9N3O.C6H10O.CH4/c1-11-9-17-10-13(11)8-15(2)18-14(16)12-6-4-3-5-7-12;1-8-7-16-13-9(8)4-10-11(15)5-14(2,3)6-12(10)17-13;1-3-9-4-10-6-11-8(2)7-16-14(11)17-13(10)12(15)5-9;1-8-3-4-10-6-11-9(2)7-14-13(11)15-12(10)5-8;1-7-6-14-11-10(7)5-12(9(3)13)4-8(2)15-11;2*1-6-4-11-5-8(6)3-9-7(2)10;1-5-4-8-7(3)6(5)2;1-5-3-8-4-6(5)2-7;1-5-3-10-4-6(5)2-8-9-7;1-5-3-7-4-6(5)2;/h3-7,10-11H,8-9H2,1-2H3;8-9,13H,4-7H2,1-3H3;5,8,11,14H,3-4,6-7H2,1-2H3;3-5,9,11,13H,6-7H2,1-2H3;7-8,10-11H,4-6H2,1-3H3;6,8H,3-5H2,1-2H3,(H,9,10);5-6H,3-4H2,1-2H3,(H,9,10);5,7H,2,4H2,1,3H3;5-6H,2-4H2,1H3;4-5H,2-3H2,1H3;3,6H,4H2,1-2H3;1H4. The van der Waals surface area contributed by atoms with E-state index < -0.39 is 0 Å². The fourth-order valence-electron chi connectivity index (χ4n) is 18.2. The Balaban J connectivity index is 0.000000188. The van der Waals surface area contributed by atoms with Crippen LogP contribution in [0.4, 0.5) is 0 Å². The van der Waals surface area contributed by atoms with Crippen LogP contribution in [-0.4, -0.2) is 221 Å². The minimum absolute atomic E-state index is 0. The van der Waals surface area contributed by atoms with E-state index in [1.165, 1.54) is 51.0 Å². The molecule has 23 atom stereocenters. The lowest BCUT2D eigenvalue weighted by atomic mass is 9.73. The molecule has 138 heavy (non-hydrogen) atoms. The smallest absolute Gasteiger partial charge is 0.357 e. The Hall–Kier alpha value is -8.58. The number of aryl methyl sites for hydroxylation is 1. The van der Waals surface area contributed by atoms with E-state index in [1.54, 1.807) is 57.9 Å². The monoisotopic (exact) mass is 1950 g/mol. The minimum atomic E-state index is -0.342. The molecule has 19 rings (SSSR count). The quantitative estimate of drug-likeness (QED) is 0.0498. The molecule has 3 amide bonds. The summed E-state index contributed by atoms with van der Waals surface area (Å²) in [6.07, 6.45) is 15.0. The lowest BCUT2D eigenvalue weighted by molar-refractivity contribution is -0.147. The zero-order chi connectivity index (χ0) is 99.9. The Labute approximate surface area is 827 Å². The number of halogens is 1. The molecule has 8 fully saturated rings. The van der Waals surface area contributed by atoms with Gasteiger partial charge in [0.2, 0.25) is 42.4 Å². The molecule has 23 unspecified atom stereocenters. The third-order valence-electron chi connectivity index (χ3n) is 28.3. The molecule has 0 spiro atoms. The Morgan fingerprint density at radius 3 is 1.65 bits per heavy atom. The van der Waals surface area contributed by atoms with Crippen LogP contribution in [-0.2, 0) is 102 Å². The number of azide groups is 1. The topological polar surface area (TPSA) is 329 Å². The van der Waals surface area contributed by atoms with Gasteiger partial charge >= 0.3 is 5.97 Å². The van der Waals surface area contributed by atoms with Gasteiger partial charge in [0.15, 0.2) is 17.8 Å². The maximum atomic E-state index is 12.2. The van der Waals surface area contributed by atoms with Crippen molar-refractivity contribution in [3.05, 3.63) is 169 Å². The first kappa shape index (κ1) is 115. The van der Waals surface area contributed by atoms with Crippen LogP contribution in [0.1, 0.15) is 206 Å². The Bertz CT molecular complexity index is 4570. The molecule has 17 aliphatic rings. The number of nitrogens with one attached hydrogen (secondary N) is 2. The van der Waals surface area contributed by atoms with E-state index in [2.05, 4.69) is 149 Å². The molecule has 0 radical (unpaired) electrons. The first-order valence-electron chi connectivity index (χ1n) is 49.6. The largest absolute Gasteiger partial charge is 0.501 e. The Kier molecular flexibility index (Phi) is 46.8. The average Bonchev–Trinajstić information content (AvgIpc) is 1.46. The number of carbonyl (C=O) groups excluding carboxylic acids is 6. The van der Waals surface area contributed by atoms with Gasteiger partial charge < -0.3 is 91.4 Å². The van der Waals surface area contributed by atoms with E-state index >= 15 is 0 Å². The van der Waals surface area contributed by atoms with Gasteiger partial charge in [-0.15, -0.1) is 16.7 Å². The summed E-state index contributed by atoms with van der Waals surface area (Å²) in [5.41, 5.74) is 20.5. The highest BCUT2D eigenvalue weighted by molar-refractivity contribution is 6.18. The predicted octanol–water partition coefficient (Wildman–Crippen LogP) is 19.1. The zero-order valence-corrected chi connectivity index (χ0v) is 86.4. The van der Waals surface area contributed by atoms with Crippen molar-refractivity contribution in [1.29, 1.82) is 0 Å². The molecular weight excluding hydrogens is 1780 g/mol. The number of Topliss-reactive ketones (excluding diaryl/α,β-unsaturated/α-hetero) is 1. The summed E-state index contributed by atoms with van der Waals surface area (Å²) in [6.45, 7) is 61.0. The van der Waals surface area contributed by atoms with E-state index in [1.807, 2.05) is 50.1 Å². The average molecular weight is 1950 g/mol. The van der Waals surface area contributed by atoms with Gasteiger partial charge in [-0.1, -0.05) is 152 Å². The number of allylic oxidation sites excluding steroid dienone is 5. The number of fused-ring (bicyclic) bond motifs is 5. The molecule has 29 nitrogen and oxygen atoms in total. The van der Waals surface area contributed by atoms with Gasteiger partial charge in [0.05, 0.1) is 129 Å². The predicted molar refractivity (Wildman–Crippen MR) is 532 cm³/mol. The number of amides is 3. The molecule has 0 aromatic heterocycles. The van der Waals surface area contributed by atoms with Crippen molar-refractivity contribution in [2.75, 3.05) is 138 Å². The molecule has 2 aromatic carbocycles. The highest BCUT2D eigenvalue weighted by atomic mass is 35.5. The number of hydrogen-bond donors (Lipinski definition) is 2. The molecule has 15 aliphatic heterocycles. The number of ether oxygens (including phenoxy) is 15. The summed E-state index contributed by atoms with van der Waals surface area (Å²) in [7, 11) is 1.74. The normalized spacial score (nSPS) is 31.6. The number of alkyl halides is 1. The van der Waals surface area contributed by atoms with Crippen LogP contribution in [0.5, 0.6) is 5.75 Å². The van der Waals surface area contributed by atoms with Crippen molar-refractivity contribution in [1.82, 2.24) is 20.6 Å². The summed E-state index contributed by atoms with van der Waals surface area (Å²) in [5, 5.41) is 10.5. The summed E-state index contributed by atoms with van der Waals surface area (Å²) >= 11 is 5.62. The van der Waals surface area contributed by atoms with Crippen molar-refractivity contribution in [3.8, 4) is 5.75 Å². The third kappa shape index (κ3) is 34.9. The van der Waals surface area contributed by atoms with Crippen LogP contribution in [0.2, 0.25) is 0 Å². The maximum absolute atomic E-state index is 12.2. The van der Waals surface area contributed by atoms with E-state index in [9.17, 15) is 28.8 Å². The second-order valence-corrected chi connectivity index (χ2v) is 41.4. The number of rotatable bonds is 12. The highest BCUT2D eigenvalue weighted by Crippen LogP contribution is 2.48. The van der Waals surface area contributed by atoms with Crippen molar-refractivity contribution < 1.29 is 105 Å². The number of hydrogen-bond acceptors (Lipinski definition) is 24. The SMILES string of the molecule is C.C=C1C(C)COC1C.CC(=O)N1CC(C)OC2OCC(C)C2C1.CC(=O)NCC1=COCC1C.CC(=O)NCC1COCC1C.CC1=COCC1C.CC1COC2OC3=C(CC12)C(=O)CC(C)(C)C3.CC1COC=C1CN(C)OC(=O)c1ccccc1.CC1COC=C1CN=[N+]=[N-].CC1COCC1CCl.CCC1=CC(=O)C2=C(C1)CC1C(C)COC1O2.Cc1ccc2c(c1)OC1OCC(C)C1C2. The van der Waals surface area contributed by atoms with E-state index in [4.69, 9.17) is 93.0 Å². The van der Waals surface area contributed by atoms with E-state index in [0.29, 0.717) is 157 Å². The minimum Gasteiger partial charge on any atom is -0.501 e. The molecule has 15 heterocycles. The molecule has 30 heteroatoms. The zero-order valence-electron chi connectivity index (χ0n) is 85.7. The van der Waals surface area contributed by atoms with Crippen LogP contribution >= 0.6 is 11.6 Å². The summed E-state index contributed by atoms with van der Waals surface area (Å²) in [5.74, 6) is 12.0. The number of benzene rings is 2. The van der Waals surface area contributed by atoms with Gasteiger partial charge in [0, 0.05) is 162 Å². The second kappa shape index (κ2) is 56.3. The molecule has 2 aromatic rings. The van der Waals surface area contributed by atoms with Gasteiger partial charge in [0.25, 0.3) is 0 Å². The summed E-state index contributed by atoms with van der Waals surface area (Å²) in [4.78, 5) is 78.2. The lowest BCUT2D eigenvalue weighted by Crippen LogP contribution is -2.37. The molecule has 2 N–H and O–H groups in total. The van der Waals surface area contributed by atoms with Crippen LogP contribution in [0.25, 0.3) is 10.4 Å². The molecule has 2 aliphatic carbocycles. The first-order valence-corrected chi connectivity index (χ1v) is 50.1. The van der Waals surface area contributed by atoms with Crippen molar-refractivity contribution >= 4 is 46.9 Å². The van der Waals surface area contributed by atoms with Gasteiger partial charge in [-0.05, 0) is 175 Å². The van der Waals surface area contributed by atoms with Gasteiger partial charge in [-0.2, -0.15) is 0 Å². The lowest BCUT2D eigenvalue weighted by Gasteiger charge is -2.38. The van der Waals surface area contributed by atoms with Crippen LogP contribution in [0, 0.1) is 113 Å². The first-order chi connectivity index (χ1) is 65.2. The number of nitrogens with zero attached hydrogens (tertiary/aromatic N) is 5. The number of carbonyl (C=O) groups is 6. The fraction of sp³-hybridized carbons (Fsp3) is 0.685. The Morgan fingerprint density at radius 1 is 0.601 bits per heavy atom. The van der Waals surface area contributed by atoms with Crippen LogP contribution in [0.15, 0.2) is 147 Å². The van der Waals surface area contributed by atoms with Crippen LogP contribution in [0.3, 0.4) is 0 Å². The summed E-state index contributed by atoms with van der Waals surface area (Å²) < 4.78 is 81.9. The number of likely N-dealkylation sites (N-methyl/N-ethyl adjacent to an activating group) is 1. The maximum Gasteiger partial charge on any atom is 0.357 e. The van der Waals surface area contributed by atoms with E-state index in [0.717, 1.165) is 165 Å². The molecular formula is C108H164ClN7O22. The number of ketones is 2. The number of hydroxylamine groups is 2. The van der Waals surface area contributed by atoms with Crippen molar-refractivity contribution in [3.63, 3.8) is 0 Å². The molecule has 8 saturated heterocycles. The second-order valence-electron chi connectivity index (χ2n) is 41.1. The molecule has 0 bridgehead atoms. The van der Waals surface area contributed by atoms with Gasteiger partial charge in [0.1, 0.15) is 11.5 Å². The fourth-order valence-corrected chi connectivity index (χ4v) is 18.6. The highest BCUT2D eigenvalue weighted by Gasteiger charge is 2.48. The van der Waals surface area contributed by atoms with Gasteiger partial charge in [-0.3, -0.25) is 24.0 Å². The molecule has 0 saturated carbocycles. The third-order valence-corrected chi connectivity index (χ3v) is 28.7. The summed E-state index contributed by atoms with van der Waals surface area (Å²) in [6, 6.07) is 15.4. The van der Waals surface area contributed by atoms with E-state index in [-0.39, 0.29) is 79.4 Å². The van der Waals surface area contributed by atoms with Gasteiger partial charge in [-0.25, -0.2) is 4.79 Å². The molecule has 770 valence electrons. The Morgan fingerprint density at radius 2 is 1.15 bits per heavy atom. The van der Waals surface area contributed by atoms with Crippen LogP contribution < -0.4 is 15.4 Å². The van der Waals surface area contributed by atoms with Crippen molar-refractivity contribution in [2.24, 2.45) is 111 Å².